The monoisotopic (exact) mass is 249 g/mol. The molecule has 0 unspecified atom stereocenters. The van der Waals surface area contributed by atoms with E-state index in [2.05, 4.69) is 24.0 Å². The van der Waals surface area contributed by atoms with Crippen LogP contribution in [0.15, 0.2) is 23.2 Å². The van der Waals surface area contributed by atoms with Crippen molar-refractivity contribution in [3.05, 3.63) is 34.9 Å². The van der Waals surface area contributed by atoms with Gasteiger partial charge in [-0.2, -0.15) is 0 Å². The number of hydrogen-bond acceptors (Lipinski definition) is 3. The van der Waals surface area contributed by atoms with E-state index >= 15 is 0 Å². The fourth-order valence-corrected chi connectivity index (χ4v) is 2.81. The van der Waals surface area contributed by atoms with Gasteiger partial charge in [0.25, 0.3) is 0 Å². The van der Waals surface area contributed by atoms with E-state index in [0.717, 1.165) is 22.9 Å². The maximum absolute atomic E-state index is 10.5. The Kier molecular flexibility index (Phi) is 3.84. The third-order valence-electron chi connectivity index (χ3n) is 2.73. The van der Waals surface area contributed by atoms with Crippen molar-refractivity contribution in [1.29, 1.82) is 0 Å². The SMILES string of the molecule is Cc1cc(CCC(=O)O)ccc1C1=NCCS1. The average molecular weight is 249 g/mol. The molecule has 1 aromatic carbocycles. The Morgan fingerprint density at radius 1 is 1.53 bits per heavy atom. The molecule has 0 radical (unpaired) electrons. The van der Waals surface area contributed by atoms with Gasteiger partial charge in [-0.25, -0.2) is 0 Å². The fourth-order valence-electron chi connectivity index (χ4n) is 1.87. The number of rotatable bonds is 4. The summed E-state index contributed by atoms with van der Waals surface area (Å²) >= 11 is 1.79. The number of carbonyl (C=O) groups is 1. The van der Waals surface area contributed by atoms with Crippen LogP contribution in [0.1, 0.15) is 23.1 Å². The van der Waals surface area contributed by atoms with Crippen molar-refractivity contribution in [3.8, 4) is 0 Å². The van der Waals surface area contributed by atoms with Crippen molar-refractivity contribution >= 4 is 22.8 Å². The fraction of sp³-hybridized carbons (Fsp3) is 0.385. The van der Waals surface area contributed by atoms with Crippen LogP contribution in [0.4, 0.5) is 0 Å². The van der Waals surface area contributed by atoms with E-state index in [1.54, 1.807) is 11.8 Å². The van der Waals surface area contributed by atoms with Gasteiger partial charge < -0.3 is 5.11 Å². The van der Waals surface area contributed by atoms with Gasteiger partial charge in [0, 0.05) is 24.3 Å². The van der Waals surface area contributed by atoms with E-state index in [1.807, 2.05) is 6.07 Å². The minimum Gasteiger partial charge on any atom is -0.481 e. The topological polar surface area (TPSA) is 49.7 Å². The highest BCUT2D eigenvalue weighted by Gasteiger charge is 2.12. The molecule has 1 aromatic rings. The first kappa shape index (κ1) is 12.2. The van der Waals surface area contributed by atoms with Crippen LogP contribution in [0, 0.1) is 6.92 Å². The van der Waals surface area contributed by atoms with Gasteiger partial charge in [-0.3, -0.25) is 9.79 Å². The van der Waals surface area contributed by atoms with Crippen molar-refractivity contribution in [1.82, 2.24) is 0 Å². The van der Waals surface area contributed by atoms with Crippen LogP contribution in [-0.2, 0) is 11.2 Å². The maximum atomic E-state index is 10.5. The highest BCUT2D eigenvalue weighted by Crippen LogP contribution is 2.22. The summed E-state index contributed by atoms with van der Waals surface area (Å²) < 4.78 is 0. The molecule has 1 N–H and O–H groups in total. The first-order valence-electron chi connectivity index (χ1n) is 5.66. The van der Waals surface area contributed by atoms with Gasteiger partial charge in [0.1, 0.15) is 0 Å². The van der Waals surface area contributed by atoms with Crippen LogP contribution < -0.4 is 0 Å². The van der Waals surface area contributed by atoms with Crippen molar-refractivity contribution in [2.75, 3.05) is 12.3 Å². The second-order valence-electron chi connectivity index (χ2n) is 4.08. The Balaban J connectivity index is 2.14. The van der Waals surface area contributed by atoms with Gasteiger partial charge in [0.2, 0.25) is 0 Å². The summed E-state index contributed by atoms with van der Waals surface area (Å²) in [5.74, 6) is 0.317. The Labute approximate surface area is 105 Å². The highest BCUT2D eigenvalue weighted by molar-refractivity contribution is 8.14. The summed E-state index contributed by atoms with van der Waals surface area (Å²) in [6, 6.07) is 6.13. The van der Waals surface area contributed by atoms with Gasteiger partial charge in [0.05, 0.1) is 5.04 Å². The molecule has 0 aromatic heterocycles. The minimum absolute atomic E-state index is 0.189. The number of aliphatic imine (C=N–C) groups is 1. The second-order valence-corrected chi connectivity index (χ2v) is 5.16. The molecule has 1 aliphatic rings. The largest absolute Gasteiger partial charge is 0.481 e. The van der Waals surface area contributed by atoms with Crippen molar-refractivity contribution in [3.63, 3.8) is 0 Å². The molecule has 17 heavy (non-hydrogen) atoms. The molecule has 0 bridgehead atoms. The first-order chi connectivity index (χ1) is 8.16. The van der Waals surface area contributed by atoms with Crippen LogP contribution >= 0.6 is 11.8 Å². The predicted molar refractivity (Wildman–Crippen MR) is 71.0 cm³/mol. The van der Waals surface area contributed by atoms with E-state index in [-0.39, 0.29) is 6.42 Å². The van der Waals surface area contributed by atoms with Gasteiger partial charge in [-0.05, 0) is 24.5 Å². The number of aliphatic carboxylic acids is 1. The van der Waals surface area contributed by atoms with Gasteiger partial charge in [-0.1, -0.05) is 18.2 Å². The first-order valence-corrected chi connectivity index (χ1v) is 6.64. The molecule has 0 saturated heterocycles. The van der Waals surface area contributed by atoms with E-state index in [4.69, 9.17) is 5.11 Å². The lowest BCUT2D eigenvalue weighted by Gasteiger charge is -2.07. The van der Waals surface area contributed by atoms with Crippen molar-refractivity contribution in [2.45, 2.75) is 19.8 Å². The van der Waals surface area contributed by atoms with Crippen LogP contribution in [-0.4, -0.2) is 28.4 Å². The zero-order chi connectivity index (χ0) is 12.3. The molecule has 1 aliphatic heterocycles. The third kappa shape index (κ3) is 3.09. The molecular formula is C13H15NO2S. The van der Waals surface area contributed by atoms with Gasteiger partial charge in [0.15, 0.2) is 0 Å². The summed E-state index contributed by atoms with van der Waals surface area (Å²) in [5, 5.41) is 9.77. The summed E-state index contributed by atoms with van der Waals surface area (Å²) in [5.41, 5.74) is 3.45. The molecule has 0 aliphatic carbocycles. The minimum atomic E-state index is -0.748. The Morgan fingerprint density at radius 2 is 2.35 bits per heavy atom. The van der Waals surface area contributed by atoms with E-state index in [9.17, 15) is 4.79 Å². The normalized spacial score (nSPS) is 14.8. The molecule has 3 nitrogen and oxygen atoms in total. The quantitative estimate of drug-likeness (QED) is 0.892. The summed E-state index contributed by atoms with van der Waals surface area (Å²) in [6.45, 7) is 2.96. The number of nitrogens with zero attached hydrogens (tertiary/aromatic N) is 1. The van der Waals surface area contributed by atoms with E-state index in [0.29, 0.717) is 6.42 Å². The smallest absolute Gasteiger partial charge is 0.303 e. The molecule has 0 saturated carbocycles. The Hall–Kier alpha value is -1.29. The number of hydrogen-bond donors (Lipinski definition) is 1. The zero-order valence-electron chi connectivity index (χ0n) is 9.77. The summed E-state index contributed by atoms with van der Waals surface area (Å²) in [7, 11) is 0. The molecule has 1 heterocycles. The van der Waals surface area contributed by atoms with Crippen molar-refractivity contribution in [2.24, 2.45) is 4.99 Å². The molecule has 0 atom stereocenters. The van der Waals surface area contributed by atoms with Gasteiger partial charge in [-0.15, -0.1) is 11.8 Å². The van der Waals surface area contributed by atoms with Crippen LogP contribution in [0.3, 0.4) is 0 Å². The molecule has 0 spiro atoms. The Morgan fingerprint density at radius 3 is 2.94 bits per heavy atom. The molecule has 0 amide bonds. The number of benzene rings is 1. The van der Waals surface area contributed by atoms with Crippen molar-refractivity contribution < 1.29 is 9.90 Å². The Bertz CT molecular complexity index is 468. The molecule has 90 valence electrons. The lowest BCUT2D eigenvalue weighted by atomic mass is 10.0. The maximum Gasteiger partial charge on any atom is 0.303 e. The average Bonchev–Trinajstić information content (AvgIpc) is 2.79. The standard InChI is InChI=1S/C13H15NO2S/c1-9-8-10(3-5-12(15)16)2-4-11(9)13-14-6-7-17-13/h2,4,8H,3,5-7H2,1H3,(H,15,16). The lowest BCUT2D eigenvalue weighted by Crippen LogP contribution is -2.00. The second kappa shape index (κ2) is 5.36. The molecule has 2 rings (SSSR count). The number of carboxylic acids is 1. The van der Waals surface area contributed by atoms with Crippen LogP contribution in [0.2, 0.25) is 0 Å². The highest BCUT2D eigenvalue weighted by atomic mass is 32.2. The lowest BCUT2D eigenvalue weighted by molar-refractivity contribution is -0.136. The molecule has 0 fully saturated rings. The number of carboxylic acid groups (broad SMARTS) is 1. The summed E-state index contributed by atoms with van der Waals surface area (Å²) in [4.78, 5) is 15.0. The molecule has 4 heteroatoms. The summed E-state index contributed by atoms with van der Waals surface area (Å²) in [6.07, 6.45) is 0.782. The van der Waals surface area contributed by atoms with E-state index in [1.165, 1.54) is 11.1 Å². The van der Waals surface area contributed by atoms with Crippen LogP contribution in [0.5, 0.6) is 0 Å². The number of thioether (sulfide) groups is 1. The third-order valence-corrected chi connectivity index (χ3v) is 3.74. The van der Waals surface area contributed by atoms with E-state index < -0.39 is 5.97 Å². The predicted octanol–water partition coefficient (Wildman–Crippen LogP) is 2.51. The molecular weight excluding hydrogens is 234 g/mol. The zero-order valence-corrected chi connectivity index (χ0v) is 10.6. The number of aryl methyl sites for hydroxylation is 2. The van der Waals surface area contributed by atoms with Crippen LogP contribution in [0.25, 0.3) is 0 Å². The van der Waals surface area contributed by atoms with Gasteiger partial charge >= 0.3 is 5.97 Å².